The monoisotopic (exact) mass is 342 g/mol. The minimum Gasteiger partial charge on any atom is -0.325 e. The minimum atomic E-state index is -2.46. The Kier molecular flexibility index (Phi) is 9.48. The van der Waals surface area contributed by atoms with Gasteiger partial charge < -0.3 is 10.6 Å². The topological polar surface area (TPSA) is 41.1 Å². The average Bonchev–Trinajstić information content (AvgIpc) is 2.37. The fourth-order valence-electron chi connectivity index (χ4n) is 1.53. The molecule has 120 valence electrons. The van der Waals surface area contributed by atoms with E-state index in [1.807, 2.05) is 0 Å². The van der Waals surface area contributed by atoms with E-state index in [-0.39, 0.29) is 29.9 Å². The molecule has 0 bridgehead atoms. The molecule has 1 atom stereocenters. The average molecular weight is 343 g/mol. The number of nitrogens with one attached hydrogen (secondary N) is 2. The van der Waals surface area contributed by atoms with Gasteiger partial charge in [-0.2, -0.15) is 0 Å². The van der Waals surface area contributed by atoms with Crippen LogP contribution in [0.25, 0.3) is 0 Å². The molecule has 0 aromatic heterocycles. The van der Waals surface area contributed by atoms with Gasteiger partial charge >= 0.3 is 0 Å². The summed E-state index contributed by atoms with van der Waals surface area (Å²) >= 11 is 0.884. The molecular formula is C13H18ClF3N2OS. The maximum atomic E-state index is 13.2. The first kappa shape index (κ1) is 20.1. The summed E-state index contributed by atoms with van der Waals surface area (Å²) in [6.45, 7) is 2.19. The standard InChI is InChI=1S/C13H17F3N2OS.ClH/c1-8(6-17-2)13(19)18-10-5-9(14)3-4-11(10)20-7-12(15)16;/h3-5,8,12,17H,6-7H2,1-2H3,(H,18,19);1H. The molecular weight excluding hydrogens is 325 g/mol. The molecule has 1 aromatic carbocycles. The van der Waals surface area contributed by atoms with E-state index in [1.54, 1.807) is 14.0 Å². The number of alkyl halides is 2. The van der Waals surface area contributed by atoms with Crippen molar-refractivity contribution in [1.29, 1.82) is 0 Å². The molecule has 3 nitrogen and oxygen atoms in total. The zero-order valence-corrected chi connectivity index (χ0v) is 13.3. The Morgan fingerprint density at radius 2 is 2.05 bits per heavy atom. The third-order valence-electron chi connectivity index (χ3n) is 2.52. The molecule has 1 rings (SSSR count). The van der Waals surface area contributed by atoms with E-state index in [0.29, 0.717) is 11.4 Å². The molecule has 0 aliphatic carbocycles. The second kappa shape index (κ2) is 9.92. The van der Waals surface area contributed by atoms with Crippen molar-refractivity contribution < 1.29 is 18.0 Å². The quantitative estimate of drug-likeness (QED) is 0.746. The number of halogens is 4. The van der Waals surface area contributed by atoms with Gasteiger partial charge in [0.25, 0.3) is 0 Å². The van der Waals surface area contributed by atoms with E-state index < -0.39 is 18.0 Å². The normalized spacial score (nSPS) is 11.9. The molecule has 1 unspecified atom stereocenters. The fraction of sp³-hybridized carbons (Fsp3) is 0.462. The number of anilines is 1. The lowest BCUT2D eigenvalue weighted by Crippen LogP contribution is -2.28. The Morgan fingerprint density at radius 3 is 2.62 bits per heavy atom. The molecule has 0 aliphatic heterocycles. The zero-order valence-electron chi connectivity index (χ0n) is 11.7. The van der Waals surface area contributed by atoms with Crippen LogP contribution in [0.3, 0.4) is 0 Å². The Bertz CT molecular complexity index is 463. The van der Waals surface area contributed by atoms with Crippen molar-refractivity contribution >= 4 is 35.8 Å². The van der Waals surface area contributed by atoms with Crippen LogP contribution in [0.15, 0.2) is 23.1 Å². The molecule has 0 saturated heterocycles. The molecule has 1 amide bonds. The molecule has 0 aliphatic rings. The molecule has 8 heteroatoms. The number of thioether (sulfide) groups is 1. The van der Waals surface area contributed by atoms with Crippen LogP contribution in [0.1, 0.15) is 6.92 Å². The molecule has 0 spiro atoms. The predicted octanol–water partition coefficient (Wildman–Crippen LogP) is 3.40. The number of amides is 1. The lowest BCUT2D eigenvalue weighted by Gasteiger charge is -2.14. The highest BCUT2D eigenvalue weighted by atomic mass is 35.5. The minimum absolute atomic E-state index is 0. The maximum absolute atomic E-state index is 13.2. The van der Waals surface area contributed by atoms with E-state index in [1.165, 1.54) is 12.1 Å². The third kappa shape index (κ3) is 7.06. The first-order valence-corrected chi connectivity index (χ1v) is 7.08. The van der Waals surface area contributed by atoms with E-state index in [4.69, 9.17) is 0 Å². The highest BCUT2D eigenvalue weighted by Gasteiger charge is 2.15. The molecule has 21 heavy (non-hydrogen) atoms. The molecule has 1 aromatic rings. The van der Waals surface area contributed by atoms with Gasteiger partial charge in [-0.15, -0.1) is 24.2 Å². The zero-order chi connectivity index (χ0) is 15.1. The molecule has 0 saturated carbocycles. The van der Waals surface area contributed by atoms with Crippen LogP contribution in [0.2, 0.25) is 0 Å². The summed E-state index contributed by atoms with van der Waals surface area (Å²) < 4.78 is 37.7. The van der Waals surface area contributed by atoms with Crippen molar-refractivity contribution in [3.63, 3.8) is 0 Å². The molecule has 0 radical (unpaired) electrons. The van der Waals surface area contributed by atoms with Gasteiger partial charge in [0.2, 0.25) is 12.3 Å². The van der Waals surface area contributed by atoms with Gasteiger partial charge in [-0.05, 0) is 25.2 Å². The Morgan fingerprint density at radius 1 is 1.38 bits per heavy atom. The number of carbonyl (C=O) groups excluding carboxylic acids is 1. The van der Waals surface area contributed by atoms with Crippen LogP contribution in [0, 0.1) is 11.7 Å². The summed E-state index contributed by atoms with van der Waals surface area (Å²) in [4.78, 5) is 12.3. The first-order valence-electron chi connectivity index (χ1n) is 6.10. The predicted molar refractivity (Wildman–Crippen MR) is 82.1 cm³/mol. The molecule has 2 N–H and O–H groups in total. The van der Waals surface area contributed by atoms with Crippen LogP contribution in [0.5, 0.6) is 0 Å². The Balaban J connectivity index is 0.00000400. The van der Waals surface area contributed by atoms with Crippen molar-refractivity contribution in [1.82, 2.24) is 5.32 Å². The largest absolute Gasteiger partial charge is 0.325 e. The lowest BCUT2D eigenvalue weighted by atomic mass is 10.1. The number of carbonyl (C=O) groups is 1. The molecule has 0 heterocycles. The van der Waals surface area contributed by atoms with Crippen molar-refractivity contribution in [3.05, 3.63) is 24.0 Å². The summed E-state index contributed by atoms with van der Waals surface area (Å²) in [6.07, 6.45) is -2.46. The van der Waals surface area contributed by atoms with Gasteiger partial charge in [-0.25, -0.2) is 13.2 Å². The van der Waals surface area contributed by atoms with Crippen LogP contribution in [-0.2, 0) is 4.79 Å². The summed E-state index contributed by atoms with van der Waals surface area (Å²) in [5, 5.41) is 5.44. The SMILES string of the molecule is CNCC(C)C(=O)Nc1cc(F)ccc1SCC(F)F.Cl. The van der Waals surface area contributed by atoms with Crippen molar-refractivity contribution in [2.45, 2.75) is 18.2 Å². The van der Waals surface area contributed by atoms with E-state index in [0.717, 1.165) is 17.8 Å². The smallest absolute Gasteiger partial charge is 0.247 e. The number of rotatable bonds is 7. The first-order chi connectivity index (χ1) is 9.43. The lowest BCUT2D eigenvalue weighted by molar-refractivity contribution is -0.119. The van der Waals surface area contributed by atoms with E-state index in [2.05, 4.69) is 10.6 Å². The van der Waals surface area contributed by atoms with E-state index in [9.17, 15) is 18.0 Å². The van der Waals surface area contributed by atoms with Crippen molar-refractivity contribution in [2.75, 3.05) is 24.7 Å². The van der Waals surface area contributed by atoms with Crippen LogP contribution >= 0.6 is 24.2 Å². The fourth-order valence-corrected chi connectivity index (χ4v) is 2.27. The summed E-state index contributed by atoms with van der Waals surface area (Å²) in [6, 6.07) is 3.71. The van der Waals surface area contributed by atoms with Gasteiger partial charge in [-0.1, -0.05) is 6.92 Å². The number of hydrogen-bond donors (Lipinski definition) is 2. The van der Waals surface area contributed by atoms with Gasteiger partial charge in [0, 0.05) is 17.4 Å². The van der Waals surface area contributed by atoms with Gasteiger partial charge in [-0.3, -0.25) is 4.79 Å². The Hall–Kier alpha value is -0.920. The number of benzene rings is 1. The highest BCUT2D eigenvalue weighted by Crippen LogP contribution is 2.29. The highest BCUT2D eigenvalue weighted by molar-refractivity contribution is 7.99. The van der Waals surface area contributed by atoms with Gasteiger partial charge in [0.1, 0.15) is 5.82 Å². The molecule has 0 fully saturated rings. The van der Waals surface area contributed by atoms with Crippen molar-refractivity contribution in [3.8, 4) is 0 Å². The summed E-state index contributed by atoms with van der Waals surface area (Å²) in [5.41, 5.74) is 0.226. The number of hydrogen-bond acceptors (Lipinski definition) is 3. The second-order valence-electron chi connectivity index (χ2n) is 4.29. The second-order valence-corrected chi connectivity index (χ2v) is 5.35. The maximum Gasteiger partial charge on any atom is 0.247 e. The van der Waals surface area contributed by atoms with Gasteiger partial charge in [0.15, 0.2) is 0 Å². The Labute approximate surface area is 132 Å². The summed E-state index contributed by atoms with van der Waals surface area (Å²) in [5.74, 6) is -1.52. The van der Waals surface area contributed by atoms with Gasteiger partial charge in [0.05, 0.1) is 11.4 Å². The van der Waals surface area contributed by atoms with E-state index >= 15 is 0 Å². The van der Waals surface area contributed by atoms with Crippen LogP contribution < -0.4 is 10.6 Å². The van der Waals surface area contributed by atoms with Crippen LogP contribution in [-0.4, -0.2) is 31.7 Å². The third-order valence-corrected chi connectivity index (χ3v) is 3.61. The summed E-state index contributed by atoms with van der Waals surface area (Å²) in [7, 11) is 1.72. The van der Waals surface area contributed by atoms with Crippen molar-refractivity contribution in [2.24, 2.45) is 5.92 Å². The van der Waals surface area contributed by atoms with Crippen LogP contribution in [0.4, 0.5) is 18.9 Å².